The number of benzene rings is 1. The van der Waals surface area contributed by atoms with Crippen LogP contribution in [0.1, 0.15) is 31.9 Å². The van der Waals surface area contributed by atoms with Gasteiger partial charge in [0.1, 0.15) is 11.3 Å². The smallest absolute Gasteiger partial charge is 0.344 e. The molecule has 5 heteroatoms. The van der Waals surface area contributed by atoms with Crippen molar-refractivity contribution in [1.82, 2.24) is 0 Å². The largest absolute Gasteiger partial charge is 0.479 e. The molecule has 1 aromatic heterocycles. The number of hydrogen-bond donors (Lipinski definition) is 1. The van der Waals surface area contributed by atoms with Crippen LogP contribution in [0.25, 0.3) is 11.0 Å². The van der Waals surface area contributed by atoms with Gasteiger partial charge in [0.2, 0.25) is 0 Å². The second-order valence-electron chi connectivity index (χ2n) is 5.85. The summed E-state index contributed by atoms with van der Waals surface area (Å²) in [6, 6.07) is 5.04. The maximum atomic E-state index is 12.1. The molecule has 0 aliphatic carbocycles. The van der Waals surface area contributed by atoms with Crippen molar-refractivity contribution in [1.29, 1.82) is 0 Å². The maximum absolute atomic E-state index is 12.1. The SMILES string of the molecule is Cc1c(CC(C)C)c(=O)oc2cc(O[C@@H](C)C(=O)O)ccc12. The fraction of sp³-hybridized carbons (Fsp3) is 0.412. The van der Waals surface area contributed by atoms with E-state index in [0.717, 1.165) is 10.9 Å². The molecule has 0 aliphatic heterocycles. The number of fused-ring (bicyclic) bond motifs is 1. The lowest BCUT2D eigenvalue weighted by Crippen LogP contribution is -2.22. The number of hydrogen-bond acceptors (Lipinski definition) is 4. The van der Waals surface area contributed by atoms with E-state index in [-0.39, 0.29) is 5.63 Å². The Morgan fingerprint density at radius 1 is 1.32 bits per heavy atom. The zero-order valence-corrected chi connectivity index (χ0v) is 13.2. The van der Waals surface area contributed by atoms with Crippen molar-refractivity contribution in [2.45, 2.75) is 40.2 Å². The zero-order chi connectivity index (χ0) is 16.4. The highest BCUT2D eigenvalue weighted by Gasteiger charge is 2.15. The summed E-state index contributed by atoms with van der Waals surface area (Å²) in [4.78, 5) is 23.0. The van der Waals surface area contributed by atoms with E-state index in [2.05, 4.69) is 0 Å². The van der Waals surface area contributed by atoms with Gasteiger partial charge in [-0.2, -0.15) is 0 Å². The Labute approximate surface area is 128 Å². The Morgan fingerprint density at radius 2 is 2.00 bits per heavy atom. The summed E-state index contributed by atoms with van der Waals surface area (Å²) in [7, 11) is 0. The van der Waals surface area contributed by atoms with Gasteiger partial charge in [-0.3, -0.25) is 0 Å². The number of carbonyl (C=O) groups is 1. The zero-order valence-electron chi connectivity index (χ0n) is 13.2. The monoisotopic (exact) mass is 304 g/mol. The highest BCUT2D eigenvalue weighted by Crippen LogP contribution is 2.25. The molecule has 2 aromatic rings. The van der Waals surface area contributed by atoms with Crippen LogP contribution >= 0.6 is 0 Å². The molecule has 1 heterocycles. The third kappa shape index (κ3) is 3.30. The molecule has 1 atom stereocenters. The molecule has 22 heavy (non-hydrogen) atoms. The normalized spacial score (nSPS) is 12.6. The first-order valence-corrected chi connectivity index (χ1v) is 7.25. The lowest BCUT2D eigenvalue weighted by Gasteiger charge is -2.13. The number of aryl methyl sites for hydroxylation is 1. The molecular formula is C17H20O5. The minimum atomic E-state index is -1.05. The van der Waals surface area contributed by atoms with Gasteiger partial charge in [-0.05, 0) is 43.9 Å². The van der Waals surface area contributed by atoms with Gasteiger partial charge in [-0.1, -0.05) is 13.8 Å². The molecule has 118 valence electrons. The lowest BCUT2D eigenvalue weighted by molar-refractivity contribution is -0.144. The predicted octanol–water partition coefficient (Wildman–Crippen LogP) is 3.15. The molecule has 0 bridgehead atoms. The molecule has 0 aliphatic rings. The van der Waals surface area contributed by atoms with E-state index in [1.165, 1.54) is 6.92 Å². The molecule has 1 N–H and O–H groups in total. The summed E-state index contributed by atoms with van der Waals surface area (Å²) in [6.45, 7) is 7.44. The number of aliphatic carboxylic acids is 1. The lowest BCUT2D eigenvalue weighted by atomic mass is 9.98. The summed E-state index contributed by atoms with van der Waals surface area (Å²) in [5.41, 5.74) is 1.65. The van der Waals surface area contributed by atoms with Crippen molar-refractivity contribution < 1.29 is 19.1 Å². The van der Waals surface area contributed by atoms with Crippen molar-refractivity contribution >= 4 is 16.9 Å². The Morgan fingerprint density at radius 3 is 2.59 bits per heavy atom. The van der Waals surface area contributed by atoms with Crippen LogP contribution in [-0.4, -0.2) is 17.2 Å². The van der Waals surface area contributed by atoms with Gasteiger partial charge in [-0.25, -0.2) is 9.59 Å². The van der Waals surface area contributed by atoms with Crippen LogP contribution in [-0.2, 0) is 11.2 Å². The summed E-state index contributed by atoms with van der Waals surface area (Å²) in [5.74, 6) is -0.329. The van der Waals surface area contributed by atoms with Gasteiger partial charge in [-0.15, -0.1) is 0 Å². The van der Waals surface area contributed by atoms with E-state index in [0.29, 0.717) is 29.2 Å². The third-order valence-electron chi connectivity index (χ3n) is 3.53. The van der Waals surface area contributed by atoms with E-state index < -0.39 is 12.1 Å². The number of carboxylic acid groups (broad SMARTS) is 1. The first-order chi connectivity index (χ1) is 10.3. The molecule has 0 radical (unpaired) electrons. The van der Waals surface area contributed by atoms with Gasteiger partial charge in [0, 0.05) is 17.0 Å². The van der Waals surface area contributed by atoms with Gasteiger partial charge in [0.25, 0.3) is 0 Å². The first kappa shape index (κ1) is 16.1. The second kappa shape index (κ2) is 6.22. The summed E-state index contributed by atoms with van der Waals surface area (Å²) in [6.07, 6.45) is -0.302. The molecule has 0 saturated heterocycles. The van der Waals surface area contributed by atoms with Crippen LogP contribution in [0, 0.1) is 12.8 Å². The Hall–Kier alpha value is -2.30. The fourth-order valence-corrected chi connectivity index (χ4v) is 2.35. The van der Waals surface area contributed by atoms with Crippen LogP contribution in [0.2, 0.25) is 0 Å². The van der Waals surface area contributed by atoms with Crippen molar-refractivity contribution in [3.63, 3.8) is 0 Å². The molecule has 0 amide bonds. The van der Waals surface area contributed by atoms with Gasteiger partial charge >= 0.3 is 11.6 Å². The van der Waals surface area contributed by atoms with Crippen LogP contribution in [0.3, 0.4) is 0 Å². The molecule has 0 unspecified atom stereocenters. The third-order valence-corrected chi connectivity index (χ3v) is 3.53. The fourth-order valence-electron chi connectivity index (χ4n) is 2.35. The van der Waals surface area contributed by atoms with E-state index in [1.807, 2.05) is 20.8 Å². The Bertz CT molecular complexity index is 757. The standard InChI is InChI=1S/C17H20O5/c1-9(2)7-14-10(3)13-6-5-12(21-11(4)16(18)19)8-15(13)22-17(14)20/h5-6,8-9,11H,7H2,1-4H3,(H,18,19)/t11-/m0/s1. The van der Waals surface area contributed by atoms with Gasteiger partial charge in [0.15, 0.2) is 6.10 Å². The van der Waals surface area contributed by atoms with Crippen LogP contribution in [0.15, 0.2) is 27.4 Å². The summed E-state index contributed by atoms with van der Waals surface area (Å²) < 4.78 is 10.7. The Kier molecular flexibility index (Phi) is 4.54. The molecule has 1 aromatic carbocycles. The average Bonchev–Trinajstić information content (AvgIpc) is 2.42. The predicted molar refractivity (Wildman–Crippen MR) is 83.5 cm³/mol. The van der Waals surface area contributed by atoms with Crippen molar-refractivity contribution in [2.24, 2.45) is 5.92 Å². The number of rotatable bonds is 5. The molecule has 2 rings (SSSR count). The molecule has 0 fully saturated rings. The minimum Gasteiger partial charge on any atom is -0.479 e. The maximum Gasteiger partial charge on any atom is 0.344 e. The quantitative estimate of drug-likeness (QED) is 0.859. The first-order valence-electron chi connectivity index (χ1n) is 7.25. The van der Waals surface area contributed by atoms with Crippen LogP contribution in [0.4, 0.5) is 0 Å². The van der Waals surface area contributed by atoms with Crippen molar-refractivity contribution in [3.8, 4) is 5.75 Å². The van der Waals surface area contributed by atoms with E-state index in [1.54, 1.807) is 18.2 Å². The number of carboxylic acids is 1. The van der Waals surface area contributed by atoms with Crippen molar-refractivity contribution in [3.05, 3.63) is 39.7 Å². The van der Waals surface area contributed by atoms with Crippen molar-refractivity contribution in [2.75, 3.05) is 0 Å². The van der Waals surface area contributed by atoms with Gasteiger partial charge in [0.05, 0.1) is 0 Å². The van der Waals surface area contributed by atoms with Crippen LogP contribution < -0.4 is 10.4 Å². The van der Waals surface area contributed by atoms with E-state index in [9.17, 15) is 9.59 Å². The number of ether oxygens (including phenoxy) is 1. The minimum absolute atomic E-state index is 0.345. The highest BCUT2D eigenvalue weighted by molar-refractivity contribution is 5.82. The molecule has 5 nitrogen and oxygen atoms in total. The molecule has 0 spiro atoms. The Balaban J connectivity index is 2.47. The van der Waals surface area contributed by atoms with Crippen LogP contribution in [0.5, 0.6) is 5.75 Å². The second-order valence-corrected chi connectivity index (χ2v) is 5.85. The van der Waals surface area contributed by atoms with Gasteiger partial charge < -0.3 is 14.3 Å². The molecule has 0 saturated carbocycles. The summed E-state index contributed by atoms with van der Waals surface area (Å²) >= 11 is 0. The topological polar surface area (TPSA) is 76.7 Å². The van der Waals surface area contributed by atoms with E-state index >= 15 is 0 Å². The van der Waals surface area contributed by atoms with E-state index in [4.69, 9.17) is 14.3 Å². The summed E-state index contributed by atoms with van der Waals surface area (Å²) in [5, 5.41) is 9.71. The average molecular weight is 304 g/mol. The highest BCUT2D eigenvalue weighted by atomic mass is 16.5. The molecular weight excluding hydrogens is 284 g/mol.